The van der Waals surface area contributed by atoms with Crippen molar-refractivity contribution < 1.29 is 0 Å². The van der Waals surface area contributed by atoms with E-state index in [0.29, 0.717) is 11.8 Å². The maximum atomic E-state index is 4.59. The van der Waals surface area contributed by atoms with Crippen LogP contribution in [0.1, 0.15) is 61.9 Å². The topological polar surface area (TPSA) is 40.7 Å². The molecule has 1 unspecified atom stereocenters. The Morgan fingerprint density at radius 2 is 1.88 bits per heavy atom. The van der Waals surface area contributed by atoms with Crippen molar-refractivity contribution in [3.8, 4) is 0 Å². The molecule has 1 saturated heterocycles. The lowest BCUT2D eigenvalue weighted by molar-refractivity contribution is 0.455. The van der Waals surface area contributed by atoms with Gasteiger partial charge >= 0.3 is 0 Å². The predicted octanol–water partition coefficient (Wildman–Crippen LogP) is 2.53. The first-order valence-corrected chi connectivity index (χ1v) is 6.69. The Labute approximate surface area is 97.0 Å². The molecule has 3 heteroatoms. The van der Waals surface area contributed by atoms with Crippen LogP contribution < -0.4 is 5.32 Å². The molecule has 0 bridgehead atoms. The third-order valence-corrected chi connectivity index (χ3v) is 4.09. The zero-order valence-electron chi connectivity index (χ0n) is 9.84. The van der Waals surface area contributed by atoms with Crippen LogP contribution in [0, 0.1) is 0 Å². The third kappa shape index (κ3) is 2.01. The number of hydrogen-bond donors (Lipinski definition) is 2. The Bertz CT molecular complexity index is 333. The van der Waals surface area contributed by atoms with Crippen molar-refractivity contribution in [2.24, 2.45) is 0 Å². The molecular formula is C13H21N3. The quantitative estimate of drug-likeness (QED) is 0.802. The van der Waals surface area contributed by atoms with Gasteiger partial charge in [0.25, 0.3) is 0 Å². The van der Waals surface area contributed by atoms with Crippen molar-refractivity contribution in [3.05, 3.63) is 17.7 Å². The van der Waals surface area contributed by atoms with Gasteiger partial charge in [0.15, 0.2) is 0 Å². The summed E-state index contributed by atoms with van der Waals surface area (Å²) < 4.78 is 0. The lowest BCUT2D eigenvalue weighted by Crippen LogP contribution is -2.28. The predicted molar refractivity (Wildman–Crippen MR) is 64.6 cm³/mol. The first kappa shape index (κ1) is 10.3. The standard InChI is InChI=1S/C13H21N3/c1-2-5-10(4-1)13-15-9-12(16-13)11-6-3-7-14-8-11/h9-11,14H,1-8H2,(H,15,16). The summed E-state index contributed by atoms with van der Waals surface area (Å²) in [7, 11) is 0. The lowest BCUT2D eigenvalue weighted by Gasteiger charge is -2.21. The monoisotopic (exact) mass is 219 g/mol. The van der Waals surface area contributed by atoms with Crippen LogP contribution in [-0.4, -0.2) is 23.1 Å². The van der Waals surface area contributed by atoms with Crippen LogP contribution in [0.5, 0.6) is 0 Å². The number of aromatic amines is 1. The normalized spacial score (nSPS) is 27.4. The fraction of sp³-hybridized carbons (Fsp3) is 0.769. The van der Waals surface area contributed by atoms with Crippen LogP contribution in [0.2, 0.25) is 0 Å². The molecule has 2 aliphatic rings. The van der Waals surface area contributed by atoms with Gasteiger partial charge in [-0.15, -0.1) is 0 Å². The number of rotatable bonds is 2. The number of aromatic nitrogens is 2. The highest BCUT2D eigenvalue weighted by molar-refractivity contribution is 5.12. The van der Waals surface area contributed by atoms with Gasteiger partial charge in [-0.1, -0.05) is 12.8 Å². The molecule has 88 valence electrons. The maximum Gasteiger partial charge on any atom is 0.109 e. The number of nitrogens with one attached hydrogen (secondary N) is 2. The molecule has 1 aliphatic carbocycles. The molecule has 3 rings (SSSR count). The van der Waals surface area contributed by atoms with E-state index in [0.717, 1.165) is 6.54 Å². The lowest BCUT2D eigenvalue weighted by atomic mass is 9.97. The largest absolute Gasteiger partial charge is 0.345 e. The summed E-state index contributed by atoms with van der Waals surface area (Å²) in [6, 6.07) is 0. The second kappa shape index (κ2) is 4.58. The minimum Gasteiger partial charge on any atom is -0.345 e. The molecule has 1 aromatic rings. The van der Waals surface area contributed by atoms with Crippen LogP contribution in [0.15, 0.2) is 6.20 Å². The van der Waals surface area contributed by atoms with Gasteiger partial charge in [0.05, 0.1) is 0 Å². The molecule has 2 N–H and O–H groups in total. The molecule has 1 aromatic heterocycles. The summed E-state index contributed by atoms with van der Waals surface area (Å²) >= 11 is 0. The van der Waals surface area contributed by atoms with Gasteiger partial charge in [-0.3, -0.25) is 0 Å². The van der Waals surface area contributed by atoms with Crippen LogP contribution in [0.4, 0.5) is 0 Å². The first-order chi connectivity index (χ1) is 7.93. The fourth-order valence-corrected chi connectivity index (χ4v) is 3.08. The fourth-order valence-electron chi connectivity index (χ4n) is 3.08. The molecule has 3 nitrogen and oxygen atoms in total. The van der Waals surface area contributed by atoms with E-state index in [1.54, 1.807) is 0 Å². The molecule has 16 heavy (non-hydrogen) atoms. The summed E-state index contributed by atoms with van der Waals surface area (Å²) in [6.07, 6.45) is 10.1. The van der Waals surface area contributed by atoms with Crippen LogP contribution >= 0.6 is 0 Å². The summed E-state index contributed by atoms with van der Waals surface area (Å²) in [4.78, 5) is 8.16. The van der Waals surface area contributed by atoms with Crippen molar-refractivity contribution in [1.82, 2.24) is 15.3 Å². The Kier molecular flexibility index (Phi) is 2.96. The molecule has 1 saturated carbocycles. The van der Waals surface area contributed by atoms with Gasteiger partial charge in [0.1, 0.15) is 5.82 Å². The average molecular weight is 219 g/mol. The summed E-state index contributed by atoms with van der Waals surface area (Å²) in [6.45, 7) is 2.30. The molecular weight excluding hydrogens is 198 g/mol. The molecule has 0 amide bonds. The minimum atomic E-state index is 0.663. The molecule has 2 heterocycles. The van der Waals surface area contributed by atoms with Gasteiger partial charge in [0, 0.05) is 30.3 Å². The van der Waals surface area contributed by atoms with Crippen molar-refractivity contribution in [2.75, 3.05) is 13.1 Å². The van der Waals surface area contributed by atoms with E-state index in [1.165, 1.54) is 56.6 Å². The average Bonchev–Trinajstić information content (AvgIpc) is 3.01. The van der Waals surface area contributed by atoms with Gasteiger partial charge in [-0.25, -0.2) is 4.98 Å². The zero-order chi connectivity index (χ0) is 10.8. The molecule has 1 aliphatic heterocycles. The number of H-pyrrole nitrogens is 1. The summed E-state index contributed by atoms with van der Waals surface area (Å²) in [5.74, 6) is 2.62. The van der Waals surface area contributed by atoms with Gasteiger partial charge < -0.3 is 10.3 Å². The van der Waals surface area contributed by atoms with E-state index in [4.69, 9.17) is 0 Å². The second-order valence-corrected chi connectivity index (χ2v) is 5.25. The Hall–Kier alpha value is -0.830. The van der Waals surface area contributed by atoms with E-state index in [1.807, 2.05) is 0 Å². The van der Waals surface area contributed by atoms with Crippen LogP contribution in [-0.2, 0) is 0 Å². The highest BCUT2D eigenvalue weighted by Crippen LogP contribution is 2.33. The zero-order valence-corrected chi connectivity index (χ0v) is 9.84. The number of imidazole rings is 1. The number of nitrogens with zero attached hydrogens (tertiary/aromatic N) is 1. The summed E-state index contributed by atoms with van der Waals surface area (Å²) in [5, 5.41) is 3.46. The van der Waals surface area contributed by atoms with Gasteiger partial charge in [0.2, 0.25) is 0 Å². The number of hydrogen-bond acceptors (Lipinski definition) is 2. The second-order valence-electron chi connectivity index (χ2n) is 5.25. The smallest absolute Gasteiger partial charge is 0.109 e. The van der Waals surface area contributed by atoms with E-state index >= 15 is 0 Å². The van der Waals surface area contributed by atoms with E-state index in [-0.39, 0.29) is 0 Å². The van der Waals surface area contributed by atoms with Gasteiger partial charge in [-0.2, -0.15) is 0 Å². The molecule has 2 fully saturated rings. The summed E-state index contributed by atoms with van der Waals surface area (Å²) in [5.41, 5.74) is 1.36. The van der Waals surface area contributed by atoms with Crippen molar-refractivity contribution >= 4 is 0 Å². The number of piperidine rings is 1. The molecule has 1 atom stereocenters. The maximum absolute atomic E-state index is 4.59. The van der Waals surface area contributed by atoms with Gasteiger partial charge in [-0.05, 0) is 32.2 Å². The Balaban J connectivity index is 1.71. The third-order valence-electron chi connectivity index (χ3n) is 4.09. The van der Waals surface area contributed by atoms with E-state index in [2.05, 4.69) is 21.5 Å². The van der Waals surface area contributed by atoms with Crippen molar-refractivity contribution in [3.63, 3.8) is 0 Å². The minimum absolute atomic E-state index is 0.663. The van der Waals surface area contributed by atoms with E-state index < -0.39 is 0 Å². The molecule has 0 radical (unpaired) electrons. The van der Waals surface area contributed by atoms with Crippen molar-refractivity contribution in [1.29, 1.82) is 0 Å². The van der Waals surface area contributed by atoms with Crippen LogP contribution in [0.3, 0.4) is 0 Å². The molecule has 0 spiro atoms. The Morgan fingerprint density at radius 1 is 1.06 bits per heavy atom. The van der Waals surface area contributed by atoms with E-state index in [9.17, 15) is 0 Å². The first-order valence-electron chi connectivity index (χ1n) is 6.69. The highest BCUT2D eigenvalue weighted by Gasteiger charge is 2.22. The van der Waals surface area contributed by atoms with Crippen molar-refractivity contribution in [2.45, 2.75) is 50.4 Å². The molecule has 0 aromatic carbocycles. The SMILES string of the molecule is c1nc(C2CCCC2)[nH]c1C1CCCNC1. The highest BCUT2D eigenvalue weighted by atomic mass is 14.9. The van der Waals surface area contributed by atoms with Crippen LogP contribution in [0.25, 0.3) is 0 Å². The Morgan fingerprint density at radius 3 is 2.62 bits per heavy atom.